The maximum atomic E-state index is 12.8. The van der Waals surface area contributed by atoms with Crippen molar-refractivity contribution in [2.75, 3.05) is 87.8 Å². The van der Waals surface area contributed by atoms with Gasteiger partial charge in [0.05, 0.1) is 11.1 Å². The number of rotatable bonds is 1. The van der Waals surface area contributed by atoms with E-state index in [2.05, 4.69) is 72.9 Å². The Bertz CT molecular complexity index is 1220. The van der Waals surface area contributed by atoms with Crippen LogP contribution in [-0.4, -0.2) is 103 Å². The Morgan fingerprint density at radius 2 is 1.68 bits per heavy atom. The van der Waals surface area contributed by atoms with E-state index in [1.807, 2.05) is 7.05 Å². The zero-order valence-corrected chi connectivity index (χ0v) is 22.5. The number of hydrogen-bond donors (Lipinski definition) is 3. The second-order valence-electron chi connectivity index (χ2n) is 10.3. The third-order valence-electron chi connectivity index (χ3n) is 7.44. The minimum Gasteiger partial charge on any atom is -0.369 e. The van der Waals surface area contributed by atoms with Crippen LogP contribution in [0.2, 0.25) is 0 Å². The van der Waals surface area contributed by atoms with Crippen LogP contribution < -0.4 is 20.9 Å². The molecule has 3 aliphatic heterocycles. The maximum Gasteiger partial charge on any atom is 0.259 e. The number of carbonyl (C=O) groups excluding carboxylic acids is 2. The molecule has 1 aromatic carbocycles. The van der Waals surface area contributed by atoms with Gasteiger partial charge in [0.2, 0.25) is 5.91 Å². The van der Waals surface area contributed by atoms with Crippen molar-refractivity contribution < 1.29 is 9.59 Å². The monoisotopic (exact) mass is 519 g/mol. The van der Waals surface area contributed by atoms with E-state index in [-0.39, 0.29) is 11.8 Å². The van der Waals surface area contributed by atoms with Gasteiger partial charge in [-0.1, -0.05) is 0 Å². The van der Waals surface area contributed by atoms with Gasteiger partial charge in [0.25, 0.3) is 5.91 Å². The summed E-state index contributed by atoms with van der Waals surface area (Å²) in [5, 5.41) is 9.47. The van der Waals surface area contributed by atoms with Crippen molar-refractivity contribution in [3.63, 3.8) is 0 Å². The van der Waals surface area contributed by atoms with Crippen LogP contribution in [0.25, 0.3) is 5.57 Å². The number of anilines is 4. The SMILES string of the molecule is CN1CCN(c2ccc3cc2CN(C)CCCC(=O)N(C)CCNc2ncnc4c2/C(=C/N3)C(=O)N4)CC1. The molecule has 1 saturated heterocycles. The topological polar surface area (TPSA) is 109 Å². The number of nitrogens with one attached hydrogen (secondary N) is 3. The lowest BCUT2D eigenvalue weighted by atomic mass is 10.1. The Morgan fingerprint density at radius 3 is 2.50 bits per heavy atom. The molecule has 5 rings (SSSR count). The van der Waals surface area contributed by atoms with Crippen molar-refractivity contribution in [2.24, 2.45) is 0 Å². The van der Waals surface area contributed by atoms with Crippen molar-refractivity contribution in [1.82, 2.24) is 24.7 Å². The molecular formula is C27H37N9O2. The lowest BCUT2D eigenvalue weighted by Gasteiger charge is -2.36. The highest BCUT2D eigenvalue weighted by Gasteiger charge is 2.29. The zero-order chi connectivity index (χ0) is 26.6. The third kappa shape index (κ3) is 5.73. The van der Waals surface area contributed by atoms with Gasteiger partial charge >= 0.3 is 0 Å². The van der Waals surface area contributed by atoms with Crippen LogP contribution >= 0.6 is 0 Å². The number of benzene rings is 1. The van der Waals surface area contributed by atoms with E-state index in [1.165, 1.54) is 17.6 Å². The molecule has 1 fully saturated rings. The predicted octanol–water partition coefficient (Wildman–Crippen LogP) is 1.73. The summed E-state index contributed by atoms with van der Waals surface area (Å²) in [6.07, 6.45) is 4.46. The highest BCUT2D eigenvalue weighted by Crippen LogP contribution is 2.35. The van der Waals surface area contributed by atoms with Crippen LogP contribution in [0, 0.1) is 0 Å². The summed E-state index contributed by atoms with van der Waals surface area (Å²) in [5.41, 5.74) is 4.46. The summed E-state index contributed by atoms with van der Waals surface area (Å²) in [5.74, 6) is 0.936. The number of piperazine rings is 1. The molecule has 0 saturated carbocycles. The highest BCUT2D eigenvalue weighted by atomic mass is 16.2. The number of likely N-dealkylation sites (N-methyl/N-ethyl adjacent to an activating group) is 2. The van der Waals surface area contributed by atoms with Crippen LogP contribution in [0.5, 0.6) is 0 Å². The summed E-state index contributed by atoms with van der Waals surface area (Å²) < 4.78 is 0. The van der Waals surface area contributed by atoms with E-state index in [4.69, 9.17) is 0 Å². The number of amides is 2. The molecule has 1 aromatic heterocycles. The van der Waals surface area contributed by atoms with Crippen LogP contribution in [0.1, 0.15) is 24.0 Å². The molecule has 2 amide bonds. The summed E-state index contributed by atoms with van der Waals surface area (Å²) >= 11 is 0. The molecule has 11 heteroatoms. The average molecular weight is 520 g/mol. The number of hydrogen-bond acceptors (Lipinski definition) is 9. The molecular weight excluding hydrogens is 482 g/mol. The molecule has 0 spiro atoms. The van der Waals surface area contributed by atoms with E-state index in [0.29, 0.717) is 42.3 Å². The molecule has 0 atom stereocenters. The zero-order valence-electron chi connectivity index (χ0n) is 22.5. The fraction of sp³-hybridized carbons (Fsp3) is 0.481. The Hall–Kier alpha value is -3.70. The first kappa shape index (κ1) is 25.9. The molecule has 11 nitrogen and oxygen atoms in total. The van der Waals surface area contributed by atoms with E-state index >= 15 is 0 Å². The largest absolute Gasteiger partial charge is 0.369 e. The van der Waals surface area contributed by atoms with E-state index < -0.39 is 0 Å². The van der Waals surface area contributed by atoms with Gasteiger partial charge in [-0.15, -0.1) is 0 Å². The van der Waals surface area contributed by atoms with Crippen LogP contribution in [0.3, 0.4) is 0 Å². The van der Waals surface area contributed by atoms with E-state index in [9.17, 15) is 9.59 Å². The molecule has 0 aliphatic carbocycles. The van der Waals surface area contributed by atoms with Gasteiger partial charge in [0, 0.05) is 76.9 Å². The Balaban J connectivity index is 1.48. The summed E-state index contributed by atoms with van der Waals surface area (Å²) in [7, 11) is 6.09. The van der Waals surface area contributed by atoms with Gasteiger partial charge in [0.15, 0.2) is 0 Å². The third-order valence-corrected chi connectivity index (χ3v) is 7.44. The fourth-order valence-electron chi connectivity index (χ4n) is 5.14. The second kappa shape index (κ2) is 11.4. The molecule has 4 heterocycles. The summed E-state index contributed by atoms with van der Waals surface area (Å²) in [6.45, 7) is 6.67. The Morgan fingerprint density at radius 1 is 0.895 bits per heavy atom. The molecule has 3 N–H and O–H groups in total. The minimum absolute atomic E-state index is 0.121. The Labute approximate surface area is 223 Å². The molecule has 0 radical (unpaired) electrons. The predicted molar refractivity (Wildman–Crippen MR) is 150 cm³/mol. The van der Waals surface area contributed by atoms with Crippen molar-refractivity contribution in [1.29, 1.82) is 0 Å². The lowest BCUT2D eigenvalue weighted by Crippen LogP contribution is -2.45. The molecule has 0 unspecified atom stereocenters. The molecule has 2 bridgehead atoms. The fourth-order valence-corrected chi connectivity index (χ4v) is 5.14. The van der Waals surface area contributed by atoms with E-state index in [1.54, 1.807) is 11.1 Å². The van der Waals surface area contributed by atoms with Crippen LogP contribution in [-0.2, 0) is 16.1 Å². The average Bonchev–Trinajstić information content (AvgIpc) is 3.23. The van der Waals surface area contributed by atoms with Gasteiger partial charge in [-0.2, -0.15) is 0 Å². The summed E-state index contributed by atoms with van der Waals surface area (Å²) in [6, 6.07) is 6.40. The standard InChI is InChI=1S/C27H37N9O2/c1-33-11-13-36(14-12-33)22-7-6-20-15-19(22)17-34(2)9-4-5-23(37)35(3)10-8-28-25-24-21(16-29-20)27(38)32-26(24)31-18-30-25/h6-7,15-16,18,29H,4-5,8-14,17H2,1-3H3,(H2,28,30,31,32,38)/b21-16-. The number of nitrogens with zero attached hydrogens (tertiary/aromatic N) is 6. The second-order valence-corrected chi connectivity index (χ2v) is 10.3. The quantitative estimate of drug-likeness (QED) is 0.519. The van der Waals surface area contributed by atoms with Crippen molar-refractivity contribution >= 4 is 40.4 Å². The molecule has 2 aromatic rings. The maximum absolute atomic E-state index is 12.8. The minimum atomic E-state index is -0.230. The van der Waals surface area contributed by atoms with Gasteiger partial charge in [-0.25, -0.2) is 9.97 Å². The highest BCUT2D eigenvalue weighted by molar-refractivity contribution is 6.32. The van der Waals surface area contributed by atoms with Crippen LogP contribution in [0.15, 0.2) is 30.7 Å². The van der Waals surface area contributed by atoms with Crippen molar-refractivity contribution in [2.45, 2.75) is 19.4 Å². The van der Waals surface area contributed by atoms with Crippen LogP contribution in [0.4, 0.5) is 23.0 Å². The molecule has 3 aliphatic rings. The normalized spacial score (nSPS) is 21.4. The molecule has 202 valence electrons. The van der Waals surface area contributed by atoms with Gasteiger partial charge in [0.1, 0.15) is 18.0 Å². The number of carbonyl (C=O) groups is 2. The van der Waals surface area contributed by atoms with E-state index in [0.717, 1.165) is 51.4 Å². The van der Waals surface area contributed by atoms with Crippen molar-refractivity contribution in [3.8, 4) is 0 Å². The number of fused-ring (bicyclic) bond motifs is 2. The first-order valence-electron chi connectivity index (χ1n) is 13.3. The number of aromatic nitrogens is 2. The first-order chi connectivity index (χ1) is 18.4. The Kier molecular flexibility index (Phi) is 7.75. The van der Waals surface area contributed by atoms with Crippen molar-refractivity contribution in [3.05, 3.63) is 41.9 Å². The smallest absolute Gasteiger partial charge is 0.259 e. The van der Waals surface area contributed by atoms with Gasteiger partial charge in [-0.3, -0.25) is 9.59 Å². The molecule has 38 heavy (non-hydrogen) atoms. The lowest BCUT2D eigenvalue weighted by molar-refractivity contribution is -0.129. The summed E-state index contributed by atoms with van der Waals surface area (Å²) in [4.78, 5) is 43.0. The van der Waals surface area contributed by atoms with Gasteiger partial charge < -0.3 is 35.6 Å². The van der Waals surface area contributed by atoms with Gasteiger partial charge in [-0.05, 0) is 50.8 Å². The first-order valence-corrected chi connectivity index (χ1v) is 13.3.